The Labute approximate surface area is 220 Å². The summed E-state index contributed by atoms with van der Waals surface area (Å²) in [5, 5.41) is 10.1. The monoisotopic (exact) mass is 508 g/mol. The molecule has 0 spiro atoms. The topological polar surface area (TPSA) is 91.6 Å². The molecular weight excluding hydrogens is 480 g/mol. The molecule has 7 nitrogen and oxygen atoms in total. The second kappa shape index (κ2) is 10.1. The minimum atomic E-state index is 0.0222. The van der Waals surface area contributed by atoms with E-state index in [9.17, 15) is 4.79 Å². The third-order valence-corrected chi connectivity index (χ3v) is 7.43. The molecule has 0 fully saturated rings. The molecule has 2 N–H and O–H groups in total. The molecule has 0 aliphatic carbocycles. The van der Waals surface area contributed by atoms with Crippen LogP contribution in [0.2, 0.25) is 0 Å². The fraction of sp³-hybridized carbons (Fsp3) is 0.172. The lowest BCUT2D eigenvalue weighted by Gasteiger charge is -2.10. The maximum Gasteiger partial charge on any atom is 0.210 e. The van der Waals surface area contributed by atoms with Crippen molar-refractivity contribution >= 4 is 28.4 Å². The number of aromatic nitrogens is 5. The van der Waals surface area contributed by atoms with E-state index in [1.54, 1.807) is 0 Å². The van der Waals surface area contributed by atoms with E-state index >= 15 is 0 Å². The molecule has 0 aliphatic heterocycles. The predicted molar refractivity (Wildman–Crippen MR) is 150 cm³/mol. The van der Waals surface area contributed by atoms with Gasteiger partial charge in [0.05, 0.1) is 17.0 Å². The molecule has 0 amide bonds. The highest BCUT2D eigenvalue weighted by Gasteiger charge is 2.20. The predicted octanol–water partition coefficient (Wildman–Crippen LogP) is 5.76. The average molecular weight is 509 g/mol. The summed E-state index contributed by atoms with van der Waals surface area (Å²) in [5.74, 6) is 7.23. The lowest BCUT2D eigenvalue weighted by molar-refractivity contribution is 0.102. The summed E-state index contributed by atoms with van der Waals surface area (Å²) in [5.41, 5.74) is 7.38. The second-order valence-electron chi connectivity index (χ2n) is 9.01. The number of ketones is 1. The summed E-state index contributed by atoms with van der Waals surface area (Å²) < 4.78 is 3.54. The molecule has 5 aromatic rings. The zero-order valence-electron chi connectivity index (χ0n) is 21.1. The Balaban J connectivity index is 1.46. The van der Waals surface area contributed by atoms with Gasteiger partial charge >= 0.3 is 0 Å². The standard InChI is InChI=1S/C29H28N6OS/c1-5-14-34-19(3)15-23(20(34)4)27(36)17-37-29-33-32-28(35(29)30)24-16-26(21-12-10-18(2)11-13-21)31-25-9-7-6-8-22(24)25/h5-13,15-16H,1,14,17,30H2,2-4H3. The number of Topliss-reactive ketones (excluding diaryl/α,β-unsaturated/α-hetero) is 1. The second-order valence-corrected chi connectivity index (χ2v) is 9.95. The number of nitrogens with zero attached hydrogens (tertiary/aromatic N) is 5. The van der Waals surface area contributed by atoms with Crippen LogP contribution in [0.25, 0.3) is 33.5 Å². The zero-order chi connectivity index (χ0) is 26.1. The van der Waals surface area contributed by atoms with Crippen LogP contribution >= 0.6 is 11.8 Å². The summed E-state index contributed by atoms with van der Waals surface area (Å²) in [4.78, 5) is 17.9. The lowest BCUT2D eigenvalue weighted by Crippen LogP contribution is -2.13. The van der Waals surface area contributed by atoms with Crippen molar-refractivity contribution in [2.45, 2.75) is 32.5 Å². The fourth-order valence-electron chi connectivity index (χ4n) is 4.49. The van der Waals surface area contributed by atoms with E-state index in [0.29, 0.717) is 23.1 Å². The molecule has 0 unspecified atom stereocenters. The maximum absolute atomic E-state index is 13.0. The minimum Gasteiger partial charge on any atom is -0.345 e. The van der Waals surface area contributed by atoms with Gasteiger partial charge in [0.15, 0.2) is 11.6 Å². The van der Waals surface area contributed by atoms with Gasteiger partial charge in [-0.3, -0.25) is 4.79 Å². The number of rotatable bonds is 8. The van der Waals surface area contributed by atoms with Gasteiger partial charge in [0.25, 0.3) is 0 Å². The summed E-state index contributed by atoms with van der Waals surface area (Å²) >= 11 is 1.28. The van der Waals surface area contributed by atoms with Gasteiger partial charge in [-0.2, -0.15) is 0 Å². The van der Waals surface area contributed by atoms with E-state index in [1.807, 2.05) is 56.3 Å². The number of hydrogen-bond donors (Lipinski definition) is 1. The molecule has 186 valence electrons. The average Bonchev–Trinajstić information content (AvgIpc) is 3.41. The molecule has 8 heteroatoms. The van der Waals surface area contributed by atoms with Crippen LogP contribution in [-0.4, -0.2) is 36.0 Å². The first-order valence-electron chi connectivity index (χ1n) is 12.0. The Hall–Kier alpha value is -4.17. The van der Waals surface area contributed by atoms with Crippen LogP contribution in [0, 0.1) is 20.8 Å². The van der Waals surface area contributed by atoms with Crippen molar-refractivity contribution in [3.8, 4) is 22.6 Å². The Morgan fingerprint density at radius 2 is 1.81 bits per heavy atom. The minimum absolute atomic E-state index is 0.0222. The van der Waals surface area contributed by atoms with Gasteiger partial charge in [0, 0.05) is 40.0 Å². The van der Waals surface area contributed by atoms with Crippen molar-refractivity contribution in [2.24, 2.45) is 0 Å². The number of fused-ring (bicyclic) bond motifs is 1. The molecule has 0 radical (unpaired) electrons. The third kappa shape index (κ3) is 4.68. The van der Waals surface area contributed by atoms with Gasteiger partial charge in [-0.05, 0) is 39.0 Å². The molecule has 0 atom stereocenters. The van der Waals surface area contributed by atoms with Gasteiger partial charge in [0.2, 0.25) is 5.16 Å². The Morgan fingerprint density at radius 3 is 2.57 bits per heavy atom. The van der Waals surface area contributed by atoms with Gasteiger partial charge in [-0.15, -0.1) is 16.8 Å². The first-order valence-corrected chi connectivity index (χ1v) is 13.0. The van der Waals surface area contributed by atoms with Crippen molar-refractivity contribution < 1.29 is 4.79 Å². The number of pyridine rings is 1. The van der Waals surface area contributed by atoms with Gasteiger partial charge in [-0.25, -0.2) is 9.66 Å². The van der Waals surface area contributed by atoms with Crippen LogP contribution in [0.15, 0.2) is 78.5 Å². The molecule has 0 saturated heterocycles. The SMILES string of the molecule is C=CCn1c(C)cc(C(=O)CSc2nnc(-c3cc(-c4ccc(C)cc4)nc4ccccc34)n2N)c1C. The number of thioether (sulfide) groups is 1. The van der Waals surface area contributed by atoms with Gasteiger partial charge < -0.3 is 10.4 Å². The van der Waals surface area contributed by atoms with Crippen molar-refractivity contribution in [3.63, 3.8) is 0 Å². The highest BCUT2D eigenvalue weighted by molar-refractivity contribution is 7.99. The molecule has 0 aliphatic rings. The van der Waals surface area contributed by atoms with Gasteiger partial charge in [0.1, 0.15) is 0 Å². The Kier molecular flexibility index (Phi) is 6.67. The largest absolute Gasteiger partial charge is 0.345 e. The number of carbonyl (C=O) groups is 1. The number of benzene rings is 2. The molecule has 37 heavy (non-hydrogen) atoms. The van der Waals surface area contributed by atoms with Crippen molar-refractivity contribution in [1.82, 2.24) is 24.4 Å². The van der Waals surface area contributed by atoms with Crippen LogP contribution in [0.5, 0.6) is 0 Å². The number of hydrogen-bond acceptors (Lipinski definition) is 6. The number of nitrogen functional groups attached to an aromatic ring is 1. The van der Waals surface area contributed by atoms with Crippen LogP contribution in [0.1, 0.15) is 27.3 Å². The van der Waals surface area contributed by atoms with E-state index in [1.165, 1.54) is 22.0 Å². The first-order chi connectivity index (χ1) is 17.9. The van der Waals surface area contributed by atoms with E-state index in [0.717, 1.165) is 39.1 Å². The van der Waals surface area contributed by atoms with Crippen LogP contribution < -0.4 is 5.84 Å². The van der Waals surface area contributed by atoms with Crippen molar-refractivity contribution in [1.29, 1.82) is 0 Å². The molecule has 5 rings (SSSR count). The number of nitrogens with two attached hydrogens (primary N) is 1. The first kappa shape index (κ1) is 24.5. The number of para-hydroxylation sites is 1. The number of aryl methyl sites for hydroxylation is 2. The fourth-order valence-corrected chi connectivity index (χ4v) is 5.23. The smallest absolute Gasteiger partial charge is 0.210 e. The van der Waals surface area contributed by atoms with Crippen LogP contribution in [-0.2, 0) is 6.54 Å². The molecule has 2 aromatic carbocycles. The molecule has 0 bridgehead atoms. The number of allylic oxidation sites excluding steroid dienone is 1. The highest BCUT2D eigenvalue weighted by atomic mass is 32.2. The molecule has 3 heterocycles. The third-order valence-electron chi connectivity index (χ3n) is 6.49. The molecular formula is C29H28N6OS. The lowest BCUT2D eigenvalue weighted by atomic mass is 10.0. The molecule has 3 aromatic heterocycles. The highest BCUT2D eigenvalue weighted by Crippen LogP contribution is 2.32. The normalized spacial score (nSPS) is 11.2. The van der Waals surface area contributed by atoms with E-state index in [-0.39, 0.29) is 11.5 Å². The summed E-state index contributed by atoms with van der Waals surface area (Å²) in [7, 11) is 0. The van der Waals surface area contributed by atoms with E-state index < -0.39 is 0 Å². The molecule has 0 saturated carbocycles. The van der Waals surface area contributed by atoms with Crippen LogP contribution in [0.3, 0.4) is 0 Å². The zero-order valence-corrected chi connectivity index (χ0v) is 21.9. The summed E-state index contributed by atoms with van der Waals surface area (Å²) in [6, 6.07) is 20.1. The Morgan fingerprint density at radius 1 is 1.05 bits per heavy atom. The quantitative estimate of drug-likeness (QED) is 0.124. The van der Waals surface area contributed by atoms with Crippen molar-refractivity contribution in [2.75, 3.05) is 11.6 Å². The van der Waals surface area contributed by atoms with E-state index in [4.69, 9.17) is 10.8 Å². The summed E-state index contributed by atoms with van der Waals surface area (Å²) in [6.45, 7) is 10.5. The van der Waals surface area contributed by atoms with E-state index in [2.05, 4.69) is 52.5 Å². The Bertz CT molecular complexity index is 1630. The summed E-state index contributed by atoms with van der Waals surface area (Å²) in [6.07, 6.45) is 1.83. The van der Waals surface area contributed by atoms with Gasteiger partial charge in [-0.1, -0.05) is 65.9 Å². The van der Waals surface area contributed by atoms with Crippen molar-refractivity contribution in [3.05, 3.63) is 95.8 Å². The maximum atomic E-state index is 13.0. The van der Waals surface area contributed by atoms with Crippen LogP contribution in [0.4, 0.5) is 0 Å². The number of carbonyl (C=O) groups excluding carboxylic acids is 1.